The van der Waals surface area contributed by atoms with E-state index in [4.69, 9.17) is 4.74 Å². The van der Waals surface area contributed by atoms with Crippen molar-refractivity contribution in [3.05, 3.63) is 52.4 Å². The quantitative estimate of drug-likeness (QED) is 0.286. The van der Waals surface area contributed by atoms with E-state index in [2.05, 4.69) is 10.3 Å². The molecule has 2 aromatic rings. The second-order valence-corrected chi connectivity index (χ2v) is 7.18. The van der Waals surface area contributed by atoms with Crippen molar-refractivity contribution in [2.45, 2.75) is 38.5 Å². The molecule has 13 heteroatoms. The van der Waals surface area contributed by atoms with Crippen LogP contribution in [0, 0.1) is 17.5 Å². The van der Waals surface area contributed by atoms with Crippen molar-refractivity contribution in [3.63, 3.8) is 0 Å². The molecule has 7 nitrogen and oxygen atoms in total. The van der Waals surface area contributed by atoms with E-state index in [9.17, 15) is 40.7 Å². The fourth-order valence-corrected chi connectivity index (χ4v) is 3.50. The van der Waals surface area contributed by atoms with E-state index >= 15 is 0 Å². The number of aromatic nitrogens is 2. The summed E-state index contributed by atoms with van der Waals surface area (Å²) in [4.78, 5) is 40.4. The van der Waals surface area contributed by atoms with Crippen LogP contribution in [0.2, 0.25) is 0 Å². The Balaban J connectivity index is 1.88. The molecule has 1 N–H and O–H groups in total. The van der Waals surface area contributed by atoms with Gasteiger partial charge in [-0.15, -0.1) is 0 Å². The molecule has 0 spiro atoms. The van der Waals surface area contributed by atoms with Crippen LogP contribution in [0.4, 0.5) is 26.3 Å². The van der Waals surface area contributed by atoms with Gasteiger partial charge < -0.3 is 14.6 Å². The number of rotatable bonds is 7. The van der Waals surface area contributed by atoms with Crippen LogP contribution in [0.3, 0.4) is 0 Å². The van der Waals surface area contributed by atoms with Crippen LogP contribution in [0.25, 0.3) is 0 Å². The molecular weight excluding hydrogens is 460 g/mol. The average molecular weight is 477 g/mol. The van der Waals surface area contributed by atoms with Gasteiger partial charge in [-0.25, -0.2) is 22.9 Å². The van der Waals surface area contributed by atoms with Crippen molar-refractivity contribution in [1.82, 2.24) is 14.9 Å². The molecule has 0 saturated carbocycles. The van der Waals surface area contributed by atoms with Crippen molar-refractivity contribution in [3.8, 4) is 0 Å². The number of imidazole rings is 1. The second-order valence-electron chi connectivity index (χ2n) is 7.18. The Morgan fingerprint density at radius 3 is 2.45 bits per heavy atom. The number of carbonyl (C=O) groups is 3. The number of alkyl halides is 3. The third-order valence-electron chi connectivity index (χ3n) is 4.89. The Hall–Kier alpha value is -3.22. The Bertz CT molecular complexity index is 1110. The zero-order valence-corrected chi connectivity index (χ0v) is 17.1. The molecule has 0 fully saturated rings. The Kier molecular flexibility index (Phi) is 6.91. The molecule has 1 unspecified atom stereocenters. The van der Waals surface area contributed by atoms with E-state index in [0.717, 1.165) is 0 Å². The molecule has 1 aromatic carbocycles. The molecule has 0 amide bonds. The topological polar surface area (TPSA) is 90.3 Å². The summed E-state index contributed by atoms with van der Waals surface area (Å²) in [5.74, 6) is -8.55. The molecule has 3 rings (SSSR count). The first kappa shape index (κ1) is 24.4. The molecule has 0 saturated heterocycles. The molecule has 1 aliphatic rings. The Morgan fingerprint density at radius 1 is 1.15 bits per heavy atom. The number of halogens is 6. The number of carbonyl (C=O) groups excluding carboxylic acids is 3. The van der Waals surface area contributed by atoms with Crippen molar-refractivity contribution < 1.29 is 45.5 Å². The normalized spacial score (nSPS) is 15.8. The number of nitrogens with one attached hydrogen (secondary N) is 1. The monoisotopic (exact) mass is 477 g/mol. The predicted octanol–water partition coefficient (Wildman–Crippen LogP) is 2.91. The van der Waals surface area contributed by atoms with Crippen LogP contribution < -0.4 is 5.32 Å². The molecule has 1 aromatic heterocycles. The van der Waals surface area contributed by atoms with Crippen LogP contribution in [-0.2, 0) is 33.5 Å². The molecular formula is C20H17F6N3O4. The maximum absolute atomic E-state index is 13.8. The van der Waals surface area contributed by atoms with Gasteiger partial charge in [0.25, 0.3) is 0 Å². The summed E-state index contributed by atoms with van der Waals surface area (Å²) >= 11 is 0. The van der Waals surface area contributed by atoms with Crippen LogP contribution >= 0.6 is 0 Å². The first-order chi connectivity index (χ1) is 15.4. The smallest absolute Gasteiger partial charge is 0.449 e. The number of esters is 1. The number of benzene rings is 1. The number of ether oxygens (including phenoxy) is 1. The van der Waals surface area contributed by atoms with Crippen LogP contribution in [-0.4, -0.2) is 40.2 Å². The van der Waals surface area contributed by atoms with Gasteiger partial charge in [0, 0.05) is 25.6 Å². The van der Waals surface area contributed by atoms with Gasteiger partial charge in [0.2, 0.25) is 5.82 Å². The van der Waals surface area contributed by atoms with Gasteiger partial charge in [-0.1, -0.05) is 0 Å². The van der Waals surface area contributed by atoms with Crippen LogP contribution in [0.15, 0.2) is 12.1 Å². The summed E-state index contributed by atoms with van der Waals surface area (Å²) in [6.45, 7) is 0.837. The molecule has 0 bridgehead atoms. The van der Waals surface area contributed by atoms with Gasteiger partial charge in [0.1, 0.15) is 17.6 Å². The highest BCUT2D eigenvalue weighted by Gasteiger charge is 2.44. The zero-order chi connectivity index (χ0) is 24.5. The third-order valence-corrected chi connectivity index (χ3v) is 4.89. The largest absolute Gasteiger partial charge is 0.461 e. The number of ketones is 2. The number of hydrogen-bond donors (Lipinski definition) is 1. The fraction of sp³-hybridized carbons (Fsp3) is 0.400. The van der Waals surface area contributed by atoms with Gasteiger partial charge in [-0.3, -0.25) is 9.59 Å². The van der Waals surface area contributed by atoms with Gasteiger partial charge in [0.05, 0.1) is 18.7 Å². The molecule has 33 heavy (non-hydrogen) atoms. The SMILES string of the molecule is CCOC(=O)c1nc(C(F)(F)F)n2c1CNCC2C(=O)CC(=O)Cc1cc(F)c(F)cc1F. The molecule has 178 valence electrons. The minimum Gasteiger partial charge on any atom is -0.461 e. The van der Waals surface area contributed by atoms with E-state index in [0.29, 0.717) is 10.6 Å². The summed E-state index contributed by atoms with van der Waals surface area (Å²) in [6.07, 6.45) is -6.70. The highest BCUT2D eigenvalue weighted by Crippen LogP contribution is 2.35. The van der Waals surface area contributed by atoms with E-state index in [1.165, 1.54) is 6.92 Å². The number of hydrogen-bond acceptors (Lipinski definition) is 6. The molecule has 2 heterocycles. The summed E-state index contributed by atoms with van der Waals surface area (Å²) in [5, 5.41) is 2.70. The van der Waals surface area contributed by atoms with Crippen molar-refractivity contribution in [1.29, 1.82) is 0 Å². The second kappa shape index (κ2) is 9.33. The van der Waals surface area contributed by atoms with Crippen LogP contribution in [0.5, 0.6) is 0 Å². The molecule has 1 aliphatic heterocycles. The number of fused-ring (bicyclic) bond motifs is 1. The zero-order valence-electron chi connectivity index (χ0n) is 17.1. The molecule has 1 atom stereocenters. The van der Waals surface area contributed by atoms with Gasteiger partial charge >= 0.3 is 12.1 Å². The Morgan fingerprint density at radius 2 is 1.82 bits per heavy atom. The third kappa shape index (κ3) is 5.07. The number of Topliss-reactive ketones (excluding diaryl/α,β-unsaturated/α-hetero) is 2. The average Bonchev–Trinajstić information content (AvgIpc) is 3.12. The highest BCUT2D eigenvalue weighted by atomic mass is 19.4. The maximum atomic E-state index is 13.8. The van der Waals surface area contributed by atoms with E-state index in [1.807, 2.05) is 0 Å². The minimum absolute atomic E-state index is 0.114. The van der Waals surface area contributed by atoms with Crippen molar-refractivity contribution in [2.75, 3.05) is 13.2 Å². The minimum atomic E-state index is -5.02. The first-order valence-electron chi connectivity index (χ1n) is 9.68. The fourth-order valence-electron chi connectivity index (χ4n) is 3.50. The first-order valence-corrected chi connectivity index (χ1v) is 9.68. The predicted molar refractivity (Wildman–Crippen MR) is 98.6 cm³/mol. The maximum Gasteiger partial charge on any atom is 0.449 e. The lowest BCUT2D eigenvalue weighted by molar-refractivity contribution is -0.149. The van der Waals surface area contributed by atoms with Gasteiger partial charge in [-0.2, -0.15) is 13.2 Å². The van der Waals surface area contributed by atoms with Gasteiger partial charge in [-0.05, 0) is 18.6 Å². The summed E-state index contributed by atoms with van der Waals surface area (Å²) < 4.78 is 86.2. The Labute approximate surface area is 182 Å². The number of nitrogens with zero attached hydrogens (tertiary/aromatic N) is 2. The molecule has 0 radical (unpaired) electrons. The molecule has 0 aliphatic carbocycles. The van der Waals surface area contributed by atoms with Gasteiger partial charge in [0.15, 0.2) is 23.1 Å². The summed E-state index contributed by atoms with van der Waals surface area (Å²) in [7, 11) is 0. The summed E-state index contributed by atoms with van der Waals surface area (Å²) in [6, 6.07) is -0.828. The van der Waals surface area contributed by atoms with E-state index < -0.39 is 77.1 Å². The van der Waals surface area contributed by atoms with Crippen molar-refractivity contribution in [2.24, 2.45) is 0 Å². The standard InChI is InChI=1S/C20H17F6N3O4/c1-2-33-18(32)17-15-8-27-7-14(29(15)19(28-17)20(24,25)26)16(31)5-10(30)3-9-4-12(22)13(23)6-11(9)21/h4,6,14,27H,2-3,5,7-8H2,1H3. The lowest BCUT2D eigenvalue weighted by atomic mass is 10.00. The van der Waals surface area contributed by atoms with Crippen LogP contribution in [0.1, 0.15) is 47.0 Å². The van der Waals surface area contributed by atoms with E-state index in [-0.39, 0.29) is 31.5 Å². The van der Waals surface area contributed by atoms with Crippen molar-refractivity contribution >= 4 is 17.5 Å². The summed E-state index contributed by atoms with van der Waals surface area (Å²) in [5.41, 5.74) is -1.34. The van der Waals surface area contributed by atoms with E-state index in [1.54, 1.807) is 0 Å². The highest BCUT2D eigenvalue weighted by molar-refractivity contribution is 6.02. The lowest BCUT2D eigenvalue weighted by Gasteiger charge is -2.27. The lowest BCUT2D eigenvalue weighted by Crippen LogP contribution is -2.40.